The predicted octanol–water partition coefficient (Wildman–Crippen LogP) is 5.69. The van der Waals surface area contributed by atoms with Crippen molar-refractivity contribution in [3.8, 4) is 5.75 Å². The zero-order chi connectivity index (χ0) is 21.6. The van der Waals surface area contributed by atoms with Crippen LogP contribution in [-0.4, -0.2) is 20.6 Å². The monoisotopic (exact) mass is 418 g/mol. The zero-order valence-electron chi connectivity index (χ0n) is 17.5. The summed E-state index contributed by atoms with van der Waals surface area (Å²) in [6.07, 6.45) is 4.87. The third-order valence-electron chi connectivity index (χ3n) is 5.37. The summed E-state index contributed by atoms with van der Waals surface area (Å²) in [5.74, 6) is 1.50. The number of aromatic nitrogens is 4. The van der Waals surface area contributed by atoms with E-state index in [-0.39, 0.29) is 0 Å². The summed E-state index contributed by atoms with van der Waals surface area (Å²) in [5.41, 5.74) is 4.55. The average molecular weight is 419 g/mol. The maximum Gasteiger partial charge on any atom is 0.178 e. The van der Waals surface area contributed by atoms with Gasteiger partial charge in [-0.05, 0) is 51.2 Å². The first-order valence-corrected chi connectivity index (χ1v) is 10.5. The molecule has 5 heteroatoms. The Kier molecular flexibility index (Phi) is 5.70. The number of fused-ring (bicyclic) bond motifs is 1. The maximum atomic E-state index is 6.03. The summed E-state index contributed by atoms with van der Waals surface area (Å²) in [6, 6.07) is 31.2. The summed E-state index contributed by atoms with van der Waals surface area (Å²) in [4.78, 5) is 0. The Bertz CT molecular complexity index is 1340. The van der Waals surface area contributed by atoms with Crippen LogP contribution in [0.2, 0.25) is 0 Å². The first-order valence-electron chi connectivity index (χ1n) is 10.5. The van der Waals surface area contributed by atoms with Crippen LogP contribution in [0.15, 0.2) is 91.0 Å². The third-order valence-corrected chi connectivity index (χ3v) is 5.37. The van der Waals surface area contributed by atoms with Gasteiger partial charge in [0, 0.05) is 6.42 Å². The fourth-order valence-electron chi connectivity index (χ4n) is 3.64. The van der Waals surface area contributed by atoms with Crippen molar-refractivity contribution in [3.05, 3.63) is 119 Å². The van der Waals surface area contributed by atoms with E-state index in [1.54, 1.807) is 0 Å². The van der Waals surface area contributed by atoms with Crippen LogP contribution in [0.1, 0.15) is 28.1 Å². The van der Waals surface area contributed by atoms with E-state index in [9.17, 15) is 0 Å². The molecule has 0 spiro atoms. The SMILES string of the molecule is C(=C\c1ccc2ccccc2c1)/c1ccc(OCc2ccccc2Cc2nn[nH]n2)cc1. The van der Waals surface area contributed by atoms with Crippen molar-refractivity contribution < 1.29 is 4.74 Å². The minimum absolute atomic E-state index is 0.486. The molecule has 0 unspecified atom stereocenters. The van der Waals surface area contributed by atoms with E-state index in [2.05, 4.69) is 99.5 Å². The molecule has 1 heterocycles. The molecule has 0 bridgehead atoms. The van der Waals surface area contributed by atoms with Gasteiger partial charge in [-0.25, -0.2) is 0 Å². The van der Waals surface area contributed by atoms with Crippen LogP contribution in [0.3, 0.4) is 0 Å². The Morgan fingerprint density at radius 3 is 2.25 bits per heavy atom. The summed E-state index contributed by atoms with van der Waals surface area (Å²) >= 11 is 0. The molecule has 0 radical (unpaired) electrons. The standard InChI is InChI=1S/C27H22N4O/c1-2-6-23-17-21(11-14-22(23)5-1)10-9-20-12-15-26(16-13-20)32-19-25-8-4-3-7-24(25)18-27-28-30-31-29-27/h1-17H,18-19H2,(H,28,29,30,31)/b10-9+. The first kappa shape index (κ1) is 19.7. The van der Waals surface area contributed by atoms with Crippen molar-refractivity contribution >= 4 is 22.9 Å². The molecule has 1 N–H and O–H groups in total. The number of tetrazole rings is 1. The Labute approximate surface area is 186 Å². The Morgan fingerprint density at radius 1 is 0.719 bits per heavy atom. The summed E-state index contributed by atoms with van der Waals surface area (Å²) in [5, 5.41) is 16.7. The van der Waals surface area contributed by atoms with Gasteiger partial charge in [-0.3, -0.25) is 0 Å². The van der Waals surface area contributed by atoms with E-state index in [0.29, 0.717) is 18.9 Å². The number of benzene rings is 4. The molecule has 0 aliphatic heterocycles. The average Bonchev–Trinajstić information content (AvgIpc) is 3.36. The number of ether oxygens (including phenoxy) is 1. The van der Waals surface area contributed by atoms with Crippen molar-refractivity contribution in [2.75, 3.05) is 0 Å². The normalized spacial score (nSPS) is 11.2. The minimum atomic E-state index is 0.486. The molecule has 0 fully saturated rings. The molecule has 0 saturated carbocycles. The summed E-state index contributed by atoms with van der Waals surface area (Å²) in [6.45, 7) is 0.486. The highest BCUT2D eigenvalue weighted by atomic mass is 16.5. The zero-order valence-corrected chi connectivity index (χ0v) is 17.5. The molecule has 0 atom stereocenters. The fraction of sp³-hybridized carbons (Fsp3) is 0.0741. The van der Waals surface area contributed by atoms with Gasteiger partial charge in [0.25, 0.3) is 0 Å². The molecule has 156 valence electrons. The lowest BCUT2D eigenvalue weighted by Gasteiger charge is -2.10. The molecule has 1 aromatic heterocycles. The van der Waals surface area contributed by atoms with Gasteiger partial charge in [0.2, 0.25) is 0 Å². The van der Waals surface area contributed by atoms with E-state index >= 15 is 0 Å². The first-order chi connectivity index (χ1) is 15.8. The van der Waals surface area contributed by atoms with Crippen molar-refractivity contribution in [1.82, 2.24) is 20.6 Å². The lowest BCUT2D eigenvalue weighted by Crippen LogP contribution is -2.02. The van der Waals surface area contributed by atoms with Gasteiger partial charge < -0.3 is 4.74 Å². The topological polar surface area (TPSA) is 63.7 Å². The number of nitrogens with one attached hydrogen (secondary N) is 1. The molecule has 0 amide bonds. The second-order valence-corrected chi connectivity index (χ2v) is 7.57. The van der Waals surface area contributed by atoms with Gasteiger partial charge in [0.05, 0.1) is 0 Å². The Hall–Kier alpha value is -4.25. The van der Waals surface area contributed by atoms with Gasteiger partial charge in [-0.15, -0.1) is 10.2 Å². The van der Waals surface area contributed by atoms with Crippen LogP contribution in [0.5, 0.6) is 5.75 Å². The predicted molar refractivity (Wildman–Crippen MR) is 127 cm³/mol. The molecule has 5 rings (SSSR count). The largest absolute Gasteiger partial charge is 0.489 e. The van der Waals surface area contributed by atoms with Crippen LogP contribution in [0.25, 0.3) is 22.9 Å². The highest BCUT2D eigenvalue weighted by molar-refractivity contribution is 5.86. The molecule has 0 aliphatic carbocycles. The fourth-order valence-corrected chi connectivity index (χ4v) is 3.64. The van der Waals surface area contributed by atoms with Crippen molar-refractivity contribution in [2.45, 2.75) is 13.0 Å². The van der Waals surface area contributed by atoms with Crippen LogP contribution >= 0.6 is 0 Å². The van der Waals surface area contributed by atoms with Gasteiger partial charge >= 0.3 is 0 Å². The molecular weight excluding hydrogens is 396 g/mol. The van der Waals surface area contributed by atoms with Crippen molar-refractivity contribution in [2.24, 2.45) is 0 Å². The van der Waals surface area contributed by atoms with Gasteiger partial charge in [0.15, 0.2) is 5.82 Å². The van der Waals surface area contributed by atoms with Gasteiger partial charge in [0.1, 0.15) is 12.4 Å². The smallest absolute Gasteiger partial charge is 0.178 e. The Morgan fingerprint density at radius 2 is 1.44 bits per heavy atom. The quantitative estimate of drug-likeness (QED) is 0.345. The maximum absolute atomic E-state index is 6.03. The highest BCUT2D eigenvalue weighted by Gasteiger charge is 2.07. The van der Waals surface area contributed by atoms with E-state index in [1.807, 2.05) is 24.3 Å². The molecule has 0 aliphatic rings. The molecule has 5 aromatic rings. The third kappa shape index (κ3) is 4.73. The van der Waals surface area contributed by atoms with E-state index < -0.39 is 0 Å². The number of aromatic amines is 1. The van der Waals surface area contributed by atoms with Crippen LogP contribution in [0, 0.1) is 0 Å². The van der Waals surface area contributed by atoms with Gasteiger partial charge in [-0.2, -0.15) is 5.21 Å². The van der Waals surface area contributed by atoms with E-state index in [0.717, 1.165) is 22.4 Å². The highest BCUT2D eigenvalue weighted by Crippen LogP contribution is 2.20. The molecule has 32 heavy (non-hydrogen) atoms. The molecular formula is C27H22N4O. The number of hydrogen-bond acceptors (Lipinski definition) is 4. The molecule has 5 nitrogen and oxygen atoms in total. The number of H-pyrrole nitrogens is 1. The lowest BCUT2D eigenvalue weighted by molar-refractivity contribution is 0.305. The lowest BCUT2D eigenvalue weighted by atomic mass is 10.0. The molecule has 4 aromatic carbocycles. The van der Waals surface area contributed by atoms with Crippen molar-refractivity contribution in [1.29, 1.82) is 0 Å². The number of nitrogens with zero attached hydrogens (tertiary/aromatic N) is 3. The number of hydrogen-bond donors (Lipinski definition) is 1. The second kappa shape index (κ2) is 9.27. The minimum Gasteiger partial charge on any atom is -0.489 e. The number of rotatable bonds is 7. The van der Waals surface area contributed by atoms with Crippen LogP contribution < -0.4 is 4.74 Å². The second-order valence-electron chi connectivity index (χ2n) is 7.57. The summed E-state index contributed by atoms with van der Waals surface area (Å²) < 4.78 is 6.03. The van der Waals surface area contributed by atoms with E-state index in [4.69, 9.17) is 4.74 Å². The molecule has 0 saturated heterocycles. The van der Waals surface area contributed by atoms with Crippen LogP contribution in [-0.2, 0) is 13.0 Å². The van der Waals surface area contributed by atoms with Crippen molar-refractivity contribution in [3.63, 3.8) is 0 Å². The Balaban J connectivity index is 1.23. The van der Waals surface area contributed by atoms with E-state index in [1.165, 1.54) is 16.3 Å². The van der Waals surface area contributed by atoms with Gasteiger partial charge in [-0.1, -0.05) is 90.2 Å². The summed E-state index contributed by atoms with van der Waals surface area (Å²) in [7, 11) is 0. The van der Waals surface area contributed by atoms with Crippen LogP contribution in [0.4, 0.5) is 0 Å².